The molecule has 4 rings (SSSR count). The van der Waals surface area contributed by atoms with Gasteiger partial charge in [0, 0.05) is 64.6 Å². The van der Waals surface area contributed by atoms with Crippen molar-refractivity contribution in [3.05, 3.63) is 23.7 Å². The molecule has 194 valence electrons. The standard InChI is InChI=1S/C26H42N4O4Si/c1-26(2,3)34-25(31)29-10-7-20(16-29)21-17-30(18-33-13-14-35(4,5)6)24-23(21)28-22(15-27-24)19-8-11-32-12-9-19/h15,17,19-20H,7-14,16,18H2,1-6H3. The van der Waals surface area contributed by atoms with Crippen LogP contribution in [0.3, 0.4) is 0 Å². The Morgan fingerprint density at radius 2 is 1.91 bits per heavy atom. The molecule has 0 bridgehead atoms. The molecular weight excluding hydrogens is 460 g/mol. The monoisotopic (exact) mass is 502 g/mol. The Bertz CT molecular complexity index is 1020. The Kier molecular flexibility index (Phi) is 7.88. The molecule has 1 amide bonds. The predicted octanol–water partition coefficient (Wildman–Crippen LogP) is 5.36. The summed E-state index contributed by atoms with van der Waals surface area (Å²) in [5.41, 5.74) is 3.50. The van der Waals surface area contributed by atoms with Gasteiger partial charge in [0.2, 0.25) is 0 Å². The van der Waals surface area contributed by atoms with Crippen LogP contribution in [-0.2, 0) is 20.9 Å². The molecule has 9 heteroatoms. The summed E-state index contributed by atoms with van der Waals surface area (Å²) >= 11 is 0. The van der Waals surface area contributed by atoms with Crippen molar-refractivity contribution in [3.63, 3.8) is 0 Å². The van der Waals surface area contributed by atoms with Gasteiger partial charge in [0.1, 0.15) is 17.8 Å². The number of rotatable bonds is 7. The van der Waals surface area contributed by atoms with Gasteiger partial charge < -0.3 is 23.7 Å². The number of amides is 1. The fraction of sp³-hybridized carbons (Fsp3) is 0.731. The van der Waals surface area contributed by atoms with Gasteiger partial charge >= 0.3 is 6.09 Å². The average Bonchev–Trinajstić information content (AvgIpc) is 3.40. The maximum atomic E-state index is 12.7. The van der Waals surface area contributed by atoms with Crippen molar-refractivity contribution in [2.75, 3.05) is 32.9 Å². The van der Waals surface area contributed by atoms with Gasteiger partial charge in [-0.15, -0.1) is 0 Å². The number of nitrogens with zero attached hydrogens (tertiary/aromatic N) is 4. The lowest BCUT2D eigenvalue weighted by atomic mass is 9.96. The fourth-order valence-corrected chi connectivity index (χ4v) is 5.48. The summed E-state index contributed by atoms with van der Waals surface area (Å²) in [5.74, 6) is 0.583. The predicted molar refractivity (Wildman–Crippen MR) is 140 cm³/mol. The van der Waals surface area contributed by atoms with E-state index in [4.69, 9.17) is 24.2 Å². The second-order valence-corrected chi connectivity index (χ2v) is 17.8. The van der Waals surface area contributed by atoms with Gasteiger partial charge in [-0.2, -0.15) is 0 Å². The van der Waals surface area contributed by atoms with Crippen LogP contribution in [-0.4, -0.2) is 72.1 Å². The van der Waals surface area contributed by atoms with Gasteiger partial charge in [-0.25, -0.2) is 14.8 Å². The maximum absolute atomic E-state index is 12.7. The summed E-state index contributed by atoms with van der Waals surface area (Å²) in [6.07, 6.45) is 6.68. The molecule has 2 aromatic heterocycles. The number of fused-ring (bicyclic) bond motifs is 1. The van der Waals surface area contributed by atoms with Crippen LogP contribution in [0, 0.1) is 0 Å². The van der Waals surface area contributed by atoms with E-state index in [1.165, 1.54) is 0 Å². The van der Waals surface area contributed by atoms with Crippen LogP contribution in [0.4, 0.5) is 4.79 Å². The van der Waals surface area contributed by atoms with E-state index in [-0.39, 0.29) is 12.0 Å². The van der Waals surface area contributed by atoms with Crippen molar-refractivity contribution in [1.82, 2.24) is 19.4 Å². The second-order valence-electron chi connectivity index (χ2n) is 12.2. The van der Waals surface area contributed by atoms with E-state index in [2.05, 4.69) is 30.4 Å². The summed E-state index contributed by atoms with van der Waals surface area (Å²) in [5, 5.41) is 0. The molecule has 2 saturated heterocycles. The molecule has 2 fully saturated rings. The number of carbonyl (C=O) groups is 1. The first-order valence-corrected chi connectivity index (χ1v) is 16.7. The minimum atomic E-state index is -1.15. The fourth-order valence-electron chi connectivity index (χ4n) is 4.73. The Labute approximate surface area is 210 Å². The number of ether oxygens (including phenoxy) is 3. The molecule has 2 aliphatic heterocycles. The minimum absolute atomic E-state index is 0.201. The maximum Gasteiger partial charge on any atom is 0.410 e. The zero-order chi connectivity index (χ0) is 25.2. The van der Waals surface area contributed by atoms with Crippen LogP contribution in [0.2, 0.25) is 25.7 Å². The molecule has 0 radical (unpaired) electrons. The lowest BCUT2D eigenvalue weighted by Crippen LogP contribution is -2.35. The van der Waals surface area contributed by atoms with Crippen molar-refractivity contribution in [3.8, 4) is 0 Å². The Balaban J connectivity index is 1.57. The molecule has 0 aliphatic carbocycles. The summed E-state index contributed by atoms with van der Waals surface area (Å²) < 4.78 is 19.3. The van der Waals surface area contributed by atoms with Crippen LogP contribution in [0.25, 0.3) is 11.2 Å². The van der Waals surface area contributed by atoms with Crippen molar-refractivity contribution in [2.24, 2.45) is 0 Å². The lowest BCUT2D eigenvalue weighted by Gasteiger charge is -2.24. The summed E-state index contributed by atoms with van der Waals surface area (Å²) in [6, 6.07) is 1.13. The van der Waals surface area contributed by atoms with Crippen LogP contribution >= 0.6 is 0 Å². The van der Waals surface area contributed by atoms with Crippen LogP contribution in [0.1, 0.15) is 63.1 Å². The van der Waals surface area contributed by atoms with Gasteiger partial charge in [0.15, 0.2) is 5.65 Å². The molecule has 2 aliphatic rings. The van der Waals surface area contributed by atoms with Gasteiger partial charge in [0.25, 0.3) is 0 Å². The SMILES string of the molecule is CC(C)(C)OC(=O)N1CCC(c2cn(COCC[Si](C)(C)C)c3ncc(C4CCOCC4)nc23)C1. The molecule has 8 nitrogen and oxygen atoms in total. The quantitative estimate of drug-likeness (QED) is 0.374. The number of hydrogen-bond acceptors (Lipinski definition) is 6. The smallest absolute Gasteiger partial charge is 0.410 e. The third kappa shape index (κ3) is 6.83. The molecule has 35 heavy (non-hydrogen) atoms. The van der Waals surface area contributed by atoms with Crippen molar-refractivity contribution in [1.29, 1.82) is 0 Å². The largest absolute Gasteiger partial charge is 0.444 e. The topological polar surface area (TPSA) is 78.7 Å². The highest BCUT2D eigenvalue weighted by atomic mass is 28.3. The minimum Gasteiger partial charge on any atom is -0.444 e. The van der Waals surface area contributed by atoms with Gasteiger partial charge in [-0.3, -0.25) is 0 Å². The second kappa shape index (κ2) is 10.6. The molecule has 4 heterocycles. The van der Waals surface area contributed by atoms with E-state index in [0.717, 1.165) is 67.5 Å². The van der Waals surface area contributed by atoms with E-state index in [0.29, 0.717) is 25.7 Å². The Morgan fingerprint density at radius 1 is 1.17 bits per heavy atom. The van der Waals surface area contributed by atoms with Crippen molar-refractivity contribution < 1.29 is 19.0 Å². The molecular formula is C26H42N4O4Si. The molecule has 1 unspecified atom stereocenters. The average molecular weight is 503 g/mol. The third-order valence-corrected chi connectivity index (χ3v) is 8.46. The first-order valence-electron chi connectivity index (χ1n) is 13.0. The highest BCUT2D eigenvalue weighted by Crippen LogP contribution is 2.35. The summed E-state index contributed by atoms with van der Waals surface area (Å²) in [7, 11) is -1.15. The van der Waals surface area contributed by atoms with E-state index >= 15 is 0 Å². The molecule has 0 spiro atoms. The van der Waals surface area contributed by atoms with Gasteiger partial charge in [-0.05, 0) is 46.1 Å². The van der Waals surface area contributed by atoms with Crippen LogP contribution in [0.5, 0.6) is 0 Å². The summed E-state index contributed by atoms with van der Waals surface area (Å²) in [4.78, 5) is 24.5. The number of carbonyl (C=O) groups excluding carboxylic acids is 1. The third-order valence-electron chi connectivity index (χ3n) is 6.76. The highest BCUT2D eigenvalue weighted by molar-refractivity contribution is 6.76. The van der Waals surface area contributed by atoms with Gasteiger partial charge in [-0.1, -0.05) is 19.6 Å². The lowest BCUT2D eigenvalue weighted by molar-refractivity contribution is 0.0292. The summed E-state index contributed by atoms with van der Waals surface area (Å²) in [6.45, 7) is 16.9. The zero-order valence-corrected chi connectivity index (χ0v) is 23.3. The molecule has 0 aromatic carbocycles. The zero-order valence-electron chi connectivity index (χ0n) is 22.3. The van der Waals surface area contributed by atoms with Crippen molar-refractivity contribution in [2.45, 2.75) is 89.9 Å². The van der Waals surface area contributed by atoms with Crippen LogP contribution in [0.15, 0.2) is 12.4 Å². The van der Waals surface area contributed by atoms with E-state index in [1.54, 1.807) is 0 Å². The molecule has 2 aromatic rings. The van der Waals surface area contributed by atoms with Crippen molar-refractivity contribution >= 4 is 25.3 Å². The first kappa shape index (κ1) is 26.1. The molecule has 1 atom stereocenters. The first-order chi connectivity index (χ1) is 16.5. The molecule has 0 saturated carbocycles. The van der Waals surface area contributed by atoms with Gasteiger partial charge in [0.05, 0.1) is 11.9 Å². The van der Waals surface area contributed by atoms with E-state index in [9.17, 15) is 4.79 Å². The Hall–Kier alpha value is -1.97. The number of hydrogen-bond donors (Lipinski definition) is 0. The molecule has 0 N–H and O–H groups in total. The highest BCUT2D eigenvalue weighted by Gasteiger charge is 2.33. The Morgan fingerprint density at radius 3 is 2.60 bits per heavy atom. The van der Waals surface area contributed by atoms with E-state index < -0.39 is 13.7 Å². The number of aromatic nitrogens is 3. The van der Waals surface area contributed by atoms with E-state index in [1.807, 2.05) is 31.9 Å². The normalized spacial score (nSPS) is 20.1. The number of likely N-dealkylation sites (tertiary alicyclic amines) is 1. The van der Waals surface area contributed by atoms with Crippen LogP contribution < -0.4 is 0 Å².